The molecule has 2 nitrogen and oxygen atoms in total. The fraction of sp³-hybridized carbons (Fsp3) is 0.143. The summed E-state index contributed by atoms with van der Waals surface area (Å²) in [6, 6.07) is 10.5. The summed E-state index contributed by atoms with van der Waals surface area (Å²) in [7, 11) is 0. The van der Waals surface area contributed by atoms with Gasteiger partial charge in [0.05, 0.1) is 6.61 Å². The quantitative estimate of drug-likeness (QED) is 0.893. The number of benzene rings is 2. The van der Waals surface area contributed by atoms with Gasteiger partial charge in [-0.1, -0.05) is 29.3 Å². The lowest BCUT2D eigenvalue weighted by Gasteiger charge is -2.12. The zero-order chi connectivity index (χ0) is 13.1. The number of hydrogen-bond donors (Lipinski definition) is 1. The summed E-state index contributed by atoms with van der Waals surface area (Å²) in [5, 5.41) is 10.5. The normalized spacial score (nSPS) is 10.4. The summed E-state index contributed by atoms with van der Waals surface area (Å²) in [5.74, 6) is 1.24. The first kappa shape index (κ1) is 13.2. The number of rotatable bonds is 3. The Morgan fingerprint density at radius 3 is 2.33 bits per heavy atom. The van der Waals surface area contributed by atoms with E-state index in [4.69, 9.17) is 27.9 Å². The highest BCUT2D eigenvalue weighted by molar-refractivity contribution is 6.31. The Morgan fingerprint density at radius 1 is 1.00 bits per heavy atom. The Labute approximate surface area is 116 Å². The zero-order valence-corrected chi connectivity index (χ0v) is 11.3. The number of aliphatic hydroxyl groups is 1. The second-order valence-corrected chi connectivity index (χ2v) is 4.79. The molecular weight excluding hydrogens is 271 g/mol. The molecule has 0 amide bonds. The highest BCUT2D eigenvalue weighted by atomic mass is 35.5. The molecule has 0 spiro atoms. The Kier molecular flexibility index (Phi) is 4.12. The molecule has 0 heterocycles. The van der Waals surface area contributed by atoms with E-state index in [1.165, 1.54) is 0 Å². The maximum Gasteiger partial charge on any atom is 0.134 e. The summed E-state index contributed by atoms with van der Waals surface area (Å²) in [5.41, 5.74) is 1.61. The molecule has 4 heteroatoms. The second kappa shape index (κ2) is 5.61. The summed E-state index contributed by atoms with van der Waals surface area (Å²) in [6.45, 7) is 1.81. The molecule has 2 rings (SSSR count). The van der Waals surface area contributed by atoms with Crippen molar-refractivity contribution < 1.29 is 9.84 Å². The number of hydrogen-bond acceptors (Lipinski definition) is 2. The standard InChI is InChI=1S/C14H12Cl2O2/c1-9-6-11(15)4-5-13(9)18-14-7-12(16)3-2-10(14)8-17/h2-7,17H,8H2,1H3. The molecular formula is C14H12Cl2O2. The van der Waals surface area contributed by atoms with Crippen molar-refractivity contribution in [1.29, 1.82) is 0 Å². The minimum atomic E-state index is -0.0981. The van der Waals surface area contributed by atoms with Gasteiger partial charge in [-0.3, -0.25) is 0 Å². The number of ether oxygens (including phenoxy) is 1. The molecule has 0 saturated heterocycles. The number of aliphatic hydroxyl groups excluding tert-OH is 1. The van der Waals surface area contributed by atoms with Crippen molar-refractivity contribution >= 4 is 23.2 Å². The smallest absolute Gasteiger partial charge is 0.134 e. The van der Waals surface area contributed by atoms with E-state index in [9.17, 15) is 5.11 Å². The van der Waals surface area contributed by atoms with Crippen LogP contribution in [0.25, 0.3) is 0 Å². The molecule has 1 N–H and O–H groups in total. The molecule has 94 valence electrons. The predicted octanol–water partition coefficient (Wildman–Crippen LogP) is 4.59. The van der Waals surface area contributed by atoms with E-state index in [0.717, 1.165) is 5.56 Å². The van der Waals surface area contributed by atoms with Gasteiger partial charge in [0, 0.05) is 15.6 Å². The minimum Gasteiger partial charge on any atom is -0.457 e. The molecule has 0 aromatic heterocycles. The van der Waals surface area contributed by atoms with Gasteiger partial charge in [-0.05, 0) is 42.8 Å². The van der Waals surface area contributed by atoms with E-state index in [-0.39, 0.29) is 6.61 Å². The van der Waals surface area contributed by atoms with Gasteiger partial charge in [-0.25, -0.2) is 0 Å². The van der Waals surface area contributed by atoms with Gasteiger partial charge in [-0.2, -0.15) is 0 Å². The fourth-order valence-corrected chi connectivity index (χ4v) is 1.99. The van der Waals surface area contributed by atoms with Crippen LogP contribution in [-0.4, -0.2) is 5.11 Å². The summed E-state index contributed by atoms with van der Waals surface area (Å²) >= 11 is 11.8. The molecule has 0 fully saturated rings. The molecule has 0 aliphatic heterocycles. The van der Waals surface area contributed by atoms with Gasteiger partial charge in [0.1, 0.15) is 11.5 Å². The van der Waals surface area contributed by atoms with E-state index < -0.39 is 0 Å². The van der Waals surface area contributed by atoms with Crippen LogP contribution in [-0.2, 0) is 6.61 Å². The average Bonchev–Trinajstić information content (AvgIpc) is 2.33. The summed E-state index contributed by atoms with van der Waals surface area (Å²) < 4.78 is 5.76. The third kappa shape index (κ3) is 2.96. The van der Waals surface area contributed by atoms with Gasteiger partial charge in [-0.15, -0.1) is 0 Å². The SMILES string of the molecule is Cc1cc(Cl)ccc1Oc1cc(Cl)ccc1CO. The highest BCUT2D eigenvalue weighted by Gasteiger charge is 2.07. The van der Waals surface area contributed by atoms with Crippen molar-refractivity contribution in [2.75, 3.05) is 0 Å². The largest absolute Gasteiger partial charge is 0.457 e. The van der Waals surface area contributed by atoms with Crippen molar-refractivity contribution in [3.63, 3.8) is 0 Å². The van der Waals surface area contributed by atoms with Crippen molar-refractivity contribution in [1.82, 2.24) is 0 Å². The fourth-order valence-electron chi connectivity index (χ4n) is 1.60. The first-order chi connectivity index (χ1) is 8.60. The molecule has 0 aliphatic rings. The second-order valence-electron chi connectivity index (χ2n) is 3.92. The topological polar surface area (TPSA) is 29.5 Å². The summed E-state index contributed by atoms with van der Waals surface area (Å²) in [6.07, 6.45) is 0. The van der Waals surface area contributed by atoms with Gasteiger partial charge >= 0.3 is 0 Å². The number of aryl methyl sites for hydroxylation is 1. The predicted molar refractivity (Wildman–Crippen MR) is 73.6 cm³/mol. The molecule has 0 radical (unpaired) electrons. The third-order valence-electron chi connectivity index (χ3n) is 2.56. The van der Waals surface area contributed by atoms with Crippen LogP contribution in [0.5, 0.6) is 11.5 Å². The van der Waals surface area contributed by atoms with Crippen LogP contribution in [0.15, 0.2) is 36.4 Å². The molecule has 2 aromatic rings. The van der Waals surface area contributed by atoms with Gasteiger partial charge in [0.25, 0.3) is 0 Å². The van der Waals surface area contributed by atoms with Gasteiger partial charge in [0.2, 0.25) is 0 Å². The molecule has 0 saturated carbocycles. The lowest BCUT2D eigenvalue weighted by atomic mass is 10.2. The average molecular weight is 283 g/mol. The first-order valence-corrected chi connectivity index (χ1v) is 6.19. The third-order valence-corrected chi connectivity index (χ3v) is 3.03. The van der Waals surface area contributed by atoms with Crippen LogP contribution >= 0.6 is 23.2 Å². The van der Waals surface area contributed by atoms with Crippen LogP contribution < -0.4 is 4.74 Å². The van der Waals surface area contributed by atoms with E-state index in [1.807, 2.05) is 13.0 Å². The molecule has 0 bridgehead atoms. The molecule has 2 aromatic carbocycles. The van der Waals surface area contributed by atoms with Crippen LogP contribution in [0.4, 0.5) is 0 Å². The van der Waals surface area contributed by atoms with Crippen molar-refractivity contribution in [3.8, 4) is 11.5 Å². The highest BCUT2D eigenvalue weighted by Crippen LogP contribution is 2.31. The summed E-state index contributed by atoms with van der Waals surface area (Å²) in [4.78, 5) is 0. The molecule has 18 heavy (non-hydrogen) atoms. The van der Waals surface area contributed by atoms with Gasteiger partial charge < -0.3 is 9.84 Å². The Hall–Kier alpha value is -1.22. The van der Waals surface area contributed by atoms with E-state index in [0.29, 0.717) is 27.1 Å². The van der Waals surface area contributed by atoms with Crippen molar-refractivity contribution in [2.45, 2.75) is 13.5 Å². The molecule has 0 atom stereocenters. The Morgan fingerprint density at radius 2 is 1.67 bits per heavy atom. The Bertz CT molecular complexity index is 568. The number of halogens is 2. The maximum atomic E-state index is 9.26. The molecule has 0 unspecified atom stereocenters. The van der Waals surface area contributed by atoms with Crippen LogP contribution in [0.2, 0.25) is 10.0 Å². The van der Waals surface area contributed by atoms with Gasteiger partial charge in [0.15, 0.2) is 0 Å². The van der Waals surface area contributed by atoms with Crippen molar-refractivity contribution in [2.24, 2.45) is 0 Å². The lowest BCUT2D eigenvalue weighted by molar-refractivity contribution is 0.276. The van der Waals surface area contributed by atoms with Crippen LogP contribution in [0.1, 0.15) is 11.1 Å². The van der Waals surface area contributed by atoms with Crippen LogP contribution in [0.3, 0.4) is 0 Å². The Balaban J connectivity index is 2.36. The molecule has 0 aliphatic carbocycles. The van der Waals surface area contributed by atoms with E-state index >= 15 is 0 Å². The maximum absolute atomic E-state index is 9.26. The first-order valence-electron chi connectivity index (χ1n) is 5.43. The minimum absolute atomic E-state index is 0.0981. The monoisotopic (exact) mass is 282 g/mol. The van der Waals surface area contributed by atoms with E-state index in [2.05, 4.69) is 0 Å². The van der Waals surface area contributed by atoms with Crippen LogP contribution in [0, 0.1) is 6.92 Å². The zero-order valence-electron chi connectivity index (χ0n) is 9.78. The van der Waals surface area contributed by atoms with E-state index in [1.54, 1.807) is 30.3 Å². The van der Waals surface area contributed by atoms with Crippen molar-refractivity contribution in [3.05, 3.63) is 57.6 Å². The lowest BCUT2D eigenvalue weighted by Crippen LogP contribution is -1.93.